The zero-order valence-corrected chi connectivity index (χ0v) is 12.3. The standard InChI is InChI=1S/C14H12ClFN2O4/c1-22-7-6-17-8-11(12(15)19)13(20)18(14(17)21)10-4-2-9(16)3-5-10/h2-5,8H,6-7H2,1H3. The molecule has 6 nitrogen and oxygen atoms in total. The van der Waals surface area contributed by atoms with E-state index in [0.717, 1.165) is 27.5 Å². The van der Waals surface area contributed by atoms with E-state index in [2.05, 4.69) is 0 Å². The Morgan fingerprint density at radius 2 is 1.91 bits per heavy atom. The fraction of sp³-hybridized carbons (Fsp3) is 0.214. The lowest BCUT2D eigenvalue weighted by molar-refractivity contribution is 0.107. The van der Waals surface area contributed by atoms with Crippen molar-refractivity contribution in [1.29, 1.82) is 0 Å². The van der Waals surface area contributed by atoms with Crippen LogP contribution in [0.15, 0.2) is 40.1 Å². The van der Waals surface area contributed by atoms with Gasteiger partial charge >= 0.3 is 5.69 Å². The van der Waals surface area contributed by atoms with Gasteiger partial charge in [0, 0.05) is 13.3 Å². The van der Waals surface area contributed by atoms with E-state index >= 15 is 0 Å². The number of halogens is 2. The minimum atomic E-state index is -0.980. The number of hydrogen-bond donors (Lipinski definition) is 0. The Hall–Kier alpha value is -2.25. The average Bonchev–Trinajstić information content (AvgIpc) is 2.48. The number of aromatic nitrogens is 2. The molecule has 22 heavy (non-hydrogen) atoms. The number of benzene rings is 1. The first-order valence-electron chi connectivity index (χ1n) is 6.27. The second kappa shape index (κ2) is 6.67. The number of ether oxygens (including phenoxy) is 1. The summed E-state index contributed by atoms with van der Waals surface area (Å²) < 4.78 is 19.8. The smallest absolute Gasteiger partial charge is 0.335 e. The molecule has 0 saturated heterocycles. The highest BCUT2D eigenvalue weighted by molar-refractivity contribution is 6.67. The largest absolute Gasteiger partial charge is 0.383 e. The maximum Gasteiger partial charge on any atom is 0.335 e. The van der Waals surface area contributed by atoms with Crippen molar-refractivity contribution in [3.63, 3.8) is 0 Å². The number of carbonyl (C=O) groups excluding carboxylic acids is 1. The first kappa shape index (κ1) is 16.1. The van der Waals surface area contributed by atoms with Crippen LogP contribution >= 0.6 is 11.6 Å². The van der Waals surface area contributed by atoms with Gasteiger partial charge in [0.15, 0.2) is 0 Å². The quantitative estimate of drug-likeness (QED) is 0.773. The summed E-state index contributed by atoms with van der Waals surface area (Å²) in [4.78, 5) is 36.0. The van der Waals surface area contributed by atoms with Crippen LogP contribution in [0.1, 0.15) is 10.4 Å². The first-order valence-corrected chi connectivity index (χ1v) is 6.64. The van der Waals surface area contributed by atoms with Crippen LogP contribution in [0, 0.1) is 5.82 Å². The van der Waals surface area contributed by atoms with E-state index in [0.29, 0.717) is 0 Å². The Bertz CT molecular complexity index is 811. The van der Waals surface area contributed by atoms with Crippen molar-refractivity contribution in [3.8, 4) is 5.69 Å². The summed E-state index contributed by atoms with van der Waals surface area (Å²) in [6, 6.07) is 4.74. The van der Waals surface area contributed by atoms with Gasteiger partial charge in [0.1, 0.15) is 11.4 Å². The Morgan fingerprint density at radius 1 is 1.27 bits per heavy atom. The number of methoxy groups -OCH3 is 1. The summed E-state index contributed by atoms with van der Waals surface area (Å²) in [5.41, 5.74) is -1.73. The molecule has 0 bridgehead atoms. The van der Waals surface area contributed by atoms with Crippen molar-refractivity contribution in [2.45, 2.75) is 6.54 Å². The zero-order valence-electron chi connectivity index (χ0n) is 11.6. The van der Waals surface area contributed by atoms with Gasteiger partial charge in [0.2, 0.25) is 0 Å². The summed E-state index contributed by atoms with van der Waals surface area (Å²) in [7, 11) is 1.45. The van der Waals surface area contributed by atoms with Crippen molar-refractivity contribution in [2.75, 3.05) is 13.7 Å². The third-order valence-electron chi connectivity index (χ3n) is 2.99. The van der Waals surface area contributed by atoms with E-state index < -0.39 is 22.3 Å². The average molecular weight is 327 g/mol. The van der Waals surface area contributed by atoms with Crippen LogP contribution in [0.3, 0.4) is 0 Å². The van der Waals surface area contributed by atoms with Crippen molar-refractivity contribution in [2.24, 2.45) is 0 Å². The second-order valence-electron chi connectivity index (χ2n) is 4.40. The summed E-state index contributed by atoms with van der Waals surface area (Å²) in [6.45, 7) is 0.339. The highest BCUT2D eigenvalue weighted by atomic mass is 35.5. The molecule has 116 valence electrons. The molecule has 1 aromatic heterocycles. The summed E-state index contributed by atoms with van der Waals surface area (Å²) in [5, 5.41) is -0.980. The lowest BCUT2D eigenvalue weighted by atomic mass is 10.3. The van der Waals surface area contributed by atoms with Gasteiger partial charge in [-0.1, -0.05) is 0 Å². The second-order valence-corrected chi connectivity index (χ2v) is 4.75. The van der Waals surface area contributed by atoms with Crippen LogP contribution in [0.25, 0.3) is 5.69 Å². The molecule has 8 heteroatoms. The predicted octanol–water partition coefficient (Wildman–Crippen LogP) is 1.16. The van der Waals surface area contributed by atoms with Gasteiger partial charge < -0.3 is 4.74 Å². The lowest BCUT2D eigenvalue weighted by Gasteiger charge is -2.11. The molecule has 0 spiro atoms. The van der Waals surface area contributed by atoms with Crippen molar-refractivity contribution < 1.29 is 13.9 Å². The van der Waals surface area contributed by atoms with Crippen molar-refractivity contribution in [1.82, 2.24) is 9.13 Å². The number of carbonyl (C=O) groups is 1. The SMILES string of the molecule is COCCn1cc(C(=O)Cl)c(=O)n(-c2ccc(F)cc2)c1=O. The van der Waals surface area contributed by atoms with Crippen LogP contribution in [0.2, 0.25) is 0 Å². The van der Waals surface area contributed by atoms with Gasteiger partial charge in [-0.05, 0) is 35.9 Å². The van der Waals surface area contributed by atoms with Crippen LogP contribution in [-0.4, -0.2) is 28.1 Å². The van der Waals surface area contributed by atoms with E-state index in [9.17, 15) is 18.8 Å². The first-order chi connectivity index (χ1) is 10.5. The maximum absolute atomic E-state index is 13.0. The van der Waals surface area contributed by atoms with Crippen LogP contribution in [0.5, 0.6) is 0 Å². The number of nitrogens with zero attached hydrogens (tertiary/aromatic N) is 2. The van der Waals surface area contributed by atoms with Gasteiger partial charge in [0.25, 0.3) is 10.8 Å². The molecule has 1 heterocycles. The highest BCUT2D eigenvalue weighted by Crippen LogP contribution is 2.06. The molecular weight excluding hydrogens is 315 g/mol. The Morgan fingerprint density at radius 3 is 2.45 bits per heavy atom. The number of hydrogen-bond acceptors (Lipinski definition) is 4. The van der Waals surface area contributed by atoms with Crippen LogP contribution in [-0.2, 0) is 11.3 Å². The minimum Gasteiger partial charge on any atom is -0.383 e. The van der Waals surface area contributed by atoms with Gasteiger partial charge in [-0.15, -0.1) is 0 Å². The van der Waals surface area contributed by atoms with Crippen LogP contribution in [0.4, 0.5) is 4.39 Å². The summed E-state index contributed by atoms with van der Waals surface area (Å²) in [6.07, 6.45) is 1.10. The Balaban J connectivity index is 2.72. The molecule has 0 aliphatic rings. The molecule has 0 fully saturated rings. The number of rotatable bonds is 5. The topological polar surface area (TPSA) is 70.3 Å². The highest BCUT2D eigenvalue weighted by Gasteiger charge is 2.17. The minimum absolute atomic E-state index is 0.133. The molecule has 0 atom stereocenters. The van der Waals surface area contributed by atoms with E-state index in [1.54, 1.807) is 0 Å². The predicted molar refractivity (Wildman–Crippen MR) is 78.3 cm³/mol. The molecule has 0 saturated carbocycles. The van der Waals surface area contributed by atoms with Crippen molar-refractivity contribution >= 4 is 16.8 Å². The molecule has 0 unspecified atom stereocenters. The molecule has 0 aliphatic heterocycles. The van der Waals surface area contributed by atoms with Gasteiger partial charge in [-0.25, -0.2) is 13.8 Å². The fourth-order valence-electron chi connectivity index (χ4n) is 1.90. The molecule has 2 aromatic rings. The molecular formula is C14H12ClFN2O4. The van der Waals surface area contributed by atoms with Gasteiger partial charge in [-0.2, -0.15) is 0 Å². The van der Waals surface area contributed by atoms with Gasteiger partial charge in [0.05, 0.1) is 18.8 Å². The molecule has 0 amide bonds. The van der Waals surface area contributed by atoms with E-state index in [1.165, 1.54) is 19.2 Å². The van der Waals surface area contributed by atoms with Gasteiger partial charge in [-0.3, -0.25) is 14.2 Å². The van der Waals surface area contributed by atoms with E-state index in [1.807, 2.05) is 0 Å². The van der Waals surface area contributed by atoms with E-state index in [4.69, 9.17) is 16.3 Å². The summed E-state index contributed by atoms with van der Waals surface area (Å²) >= 11 is 5.39. The Kier molecular flexibility index (Phi) is 4.89. The van der Waals surface area contributed by atoms with Crippen molar-refractivity contribution in [3.05, 3.63) is 62.7 Å². The third kappa shape index (κ3) is 3.15. The van der Waals surface area contributed by atoms with E-state index in [-0.39, 0.29) is 24.4 Å². The molecule has 0 radical (unpaired) electrons. The Labute approximate surface area is 129 Å². The zero-order chi connectivity index (χ0) is 16.3. The molecule has 2 rings (SSSR count). The molecule has 0 aliphatic carbocycles. The third-order valence-corrected chi connectivity index (χ3v) is 3.19. The summed E-state index contributed by atoms with van der Waals surface area (Å²) in [5.74, 6) is -0.513. The molecule has 0 N–H and O–H groups in total. The monoisotopic (exact) mass is 326 g/mol. The van der Waals surface area contributed by atoms with Crippen LogP contribution < -0.4 is 11.2 Å². The normalized spacial score (nSPS) is 10.7. The fourth-order valence-corrected chi connectivity index (χ4v) is 2.03. The maximum atomic E-state index is 13.0. The molecule has 1 aromatic carbocycles. The lowest BCUT2D eigenvalue weighted by Crippen LogP contribution is -2.41.